The highest BCUT2D eigenvalue weighted by atomic mass is 32.2. The molecule has 0 saturated carbocycles. The van der Waals surface area contributed by atoms with Crippen molar-refractivity contribution in [3.05, 3.63) is 24.0 Å². The molecule has 1 unspecified atom stereocenters. The number of thioether (sulfide) groups is 1. The Morgan fingerprint density at radius 1 is 1.58 bits per heavy atom. The van der Waals surface area contributed by atoms with Gasteiger partial charge in [0.05, 0.1) is 11.8 Å². The first-order valence-corrected chi connectivity index (χ1v) is 4.99. The van der Waals surface area contributed by atoms with E-state index in [0.717, 1.165) is 16.3 Å². The van der Waals surface area contributed by atoms with Crippen LogP contribution in [0.4, 0.5) is 0 Å². The third-order valence-corrected chi connectivity index (χ3v) is 2.36. The van der Waals surface area contributed by atoms with Gasteiger partial charge >= 0.3 is 0 Å². The summed E-state index contributed by atoms with van der Waals surface area (Å²) in [5, 5.41) is 9.18. The van der Waals surface area contributed by atoms with Crippen LogP contribution in [0.2, 0.25) is 0 Å². The number of pyridine rings is 1. The molecule has 0 spiro atoms. The van der Waals surface area contributed by atoms with E-state index in [1.807, 2.05) is 12.1 Å². The molecule has 0 aliphatic carbocycles. The summed E-state index contributed by atoms with van der Waals surface area (Å²) < 4.78 is 0. The monoisotopic (exact) mass is 183 g/mol. The molecule has 1 aromatic heterocycles. The zero-order valence-corrected chi connectivity index (χ0v) is 8.14. The molecule has 0 radical (unpaired) electrons. The number of aliphatic hydroxyl groups excluding tert-OH is 1. The molecule has 0 amide bonds. The number of hydrogen-bond acceptors (Lipinski definition) is 3. The third kappa shape index (κ3) is 2.50. The summed E-state index contributed by atoms with van der Waals surface area (Å²) in [4.78, 5) is 5.28. The Kier molecular flexibility index (Phi) is 3.56. The Balaban J connectivity index is 2.71. The summed E-state index contributed by atoms with van der Waals surface area (Å²) in [5.74, 6) is 1.05. The molecule has 1 aromatic rings. The lowest BCUT2D eigenvalue weighted by atomic mass is 10.2. The van der Waals surface area contributed by atoms with Crippen LogP contribution in [0.5, 0.6) is 0 Å². The van der Waals surface area contributed by atoms with Gasteiger partial charge in [-0.15, -0.1) is 11.8 Å². The van der Waals surface area contributed by atoms with Gasteiger partial charge in [0.1, 0.15) is 0 Å². The number of hydrogen-bond donors (Lipinski definition) is 1. The van der Waals surface area contributed by atoms with Gasteiger partial charge in [-0.05, 0) is 24.8 Å². The molecular weight excluding hydrogens is 170 g/mol. The second-order valence-electron chi connectivity index (χ2n) is 2.53. The van der Waals surface area contributed by atoms with Crippen molar-refractivity contribution in [3.63, 3.8) is 0 Å². The predicted octanol–water partition coefficient (Wildman–Crippen LogP) is 2.25. The van der Waals surface area contributed by atoms with Crippen molar-refractivity contribution in [2.24, 2.45) is 0 Å². The summed E-state index contributed by atoms with van der Waals surface area (Å²) in [6.45, 7) is 3.82. The van der Waals surface area contributed by atoms with Crippen LogP contribution < -0.4 is 0 Å². The van der Waals surface area contributed by atoms with Crippen molar-refractivity contribution in [1.29, 1.82) is 0 Å². The van der Waals surface area contributed by atoms with E-state index >= 15 is 0 Å². The average Bonchev–Trinajstić information content (AvgIpc) is 2.06. The normalized spacial score (nSPS) is 12.9. The van der Waals surface area contributed by atoms with E-state index in [1.54, 1.807) is 24.9 Å². The van der Waals surface area contributed by atoms with Crippen molar-refractivity contribution in [3.8, 4) is 0 Å². The SMILES string of the molecule is CCSc1ccc(C(C)O)nc1. The minimum absolute atomic E-state index is 0.467. The maximum absolute atomic E-state index is 9.18. The highest BCUT2D eigenvalue weighted by molar-refractivity contribution is 7.99. The van der Waals surface area contributed by atoms with Crippen LogP contribution in [0.1, 0.15) is 25.6 Å². The van der Waals surface area contributed by atoms with Gasteiger partial charge in [0.15, 0.2) is 0 Å². The quantitative estimate of drug-likeness (QED) is 0.730. The zero-order chi connectivity index (χ0) is 8.97. The van der Waals surface area contributed by atoms with Crippen LogP contribution in [-0.4, -0.2) is 15.8 Å². The third-order valence-electron chi connectivity index (χ3n) is 1.50. The second-order valence-corrected chi connectivity index (χ2v) is 3.87. The summed E-state index contributed by atoms with van der Waals surface area (Å²) in [7, 11) is 0. The van der Waals surface area contributed by atoms with E-state index in [-0.39, 0.29) is 0 Å². The van der Waals surface area contributed by atoms with E-state index in [1.165, 1.54) is 0 Å². The van der Waals surface area contributed by atoms with Crippen molar-refractivity contribution < 1.29 is 5.11 Å². The van der Waals surface area contributed by atoms with E-state index in [4.69, 9.17) is 0 Å². The maximum Gasteiger partial charge on any atom is 0.0931 e. The van der Waals surface area contributed by atoms with Crippen LogP contribution in [-0.2, 0) is 0 Å². The fourth-order valence-corrected chi connectivity index (χ4v) is 1.52. The van der Waals surface area contributed by atoms with E-state index in [2.05, 4.69) is 11.9 Å². The summed E-state index contributed by atoms with van der Waals surface area (Å²) in [6.07, 6.45) is 1.33. The van der Waals surface area contributed by atoms with Crippen LogP contribution in [0.3, 0.4) is 0 Å². The molecule has 0 bridgehead atoms. The highest BCUT2D eigenvalue weighted by Crippen LogP contribution is 2.17. The fourth-order valence-electron chi connectivity index (χ4n) is 0.891. The Labute approximate surface area is 77.0 Å². The largest absolute Gasteiger partial charge is 0.387 e. The Morgan fingerprint density at radius 2 is 2.33 bits per heavy atom. The van der Waals surface area contributed by atoms with Gasteiger partial charge < -0.3 is 5.11 Å². The summed E-state index contributed by atoms with van der Waals surface area (Å²) >= 11 is 1.75. The zero-order valence-electron chi connectivity index (χ0n) is 7.32. The van der Waals surface area contributed by atoms with Gasteiger partial charge in [-0.3, -0.25) is 4.98 Å². The lowest BCUT2D eigenvalue weighted by Crippen LogP contribution is -1.94. The van der Waals surface area contributed by atoms with Gasteiger partial charge in [-0.25, -0.2) is 0 Å². The number of rotatable bonds is 3. The molecule has 66 valence electrons. The lowest BCUT2D eigenvalue weighted by Gasteiger charge is -2.03. The van der Waals surface area contributed by atoms with Crippen LogP contribution >= 0.6 is 11.8 Å². The molecule has 0 aliphatic rings. The molecule has 2 nitrogen and oxygen atoms in total. The van der Waals surface area contributed by atoms with Crippen molar-refractivity contribution in [2.75, 3.05) is 5.75 Å². The smallest absolute Gasteiger partial charge is 0.0931 e. The minimum Gasteiger partial charge on any atom is -0.387 e. The fraction of sp³-hybridized carbons (Fsp3) is 0.444. The number of aliphatic hydroxyl groups is 1. The molecular formula is C9H13NOS. The Bertz CT molecular complexity index is 233. The van der Waals surface area contributed by atoms with Crippen LogP contribution in [0.25, 0.3) is 0 Å². The van der Waals surface area contributed by atoms with Crippen LogP contribution in [0.15, 0.2) is 23.2 Å². The van der Waals surface area contributed by atoms with Crippen molar-refractivity contribution >= 4 is 11.8 Å². The molecule has 0 fully saturated rings. The van der Waals surface area contributed by atoms with Gasteiger partial charge in [0, 0.05) is 11.1 Å². The minimum atomic E-state index is -0.467. The maximum atomic E-state index is 9.18. The molecule has 1 rings (SSSR count). The molecule has 3 heteroatoms. The van der Waals surface area contributed by atoms with E-state index in [9.17, 15) is 5.11 Å². The number of nitrogens with zero attached hydrogens (tertiary/aromatic N) is 1. The summed E-state index contributed by atoms with van der Waals surface area (Å²) in [6, 6.07) is 3.85. The predicted molar refractivity (Wildman–Crippen MR) is 51.3 cm³/mol. The molecule has 1 heterocycles. The molecule has 0 saturated heterocycles. The topological polar surface area (TPSA) is 33.1 Å². The molecule has 12 heavy (non-hydrogen) atoms. The van der Waals surface area contributed by atoms with Crippen molar-refractivity contribution in [1.82, 2.24) is 4.98 Å². The molecule has 0 aliphatic heterocycles. The second kappa shape index (κ2) is 4.48. The van der Waals surface area contributed by atoms with E-state index in [0.29, 0.717) is 0 Å². The van der Waals surface area contributed by atoms with Gasteiger partial charge in [0.2, 0.25) is 0 Å². The lowest BCUT2D eigenvalue weighted by molar-refractivity contribution is 0.194. The highest BCUT2D eigenvalue weighted by Gasteiger charge is 2.00. The van der Waals surface area contributed by atoms with Gasteiger partial charge in [0.25, 0.3) is 0 Å². The Morgan fingerprint density at radius 3 is 2.75 bits per heavy atom. The number of aromatic nitrogens is 1. The molecule has 1 atom stereocenters. The average molecular weight is 183 g/mol. The van der Waals surface area contributed by atoms with Gasteiger partial charge in [-0.2, -0.15) is 0 Å². The first kappa shape index (κ1) is 9.55. The Hall–Kier alpha value is -0.540. The summed E-state index contributed by atoms with van der Waals surface area (Å²) in [5.41, 5.74) is 0.732. The standard InChI is InChI=1S/C9H13NOS/c1-3-12-8-4-5-9(7(2)11)10-6-8/h4-7,11H,3H2,1-2H3. The first-order chi connectivity index (χ1) is 5.74. The first-order valence-electron chi connectivity index (χ1n) is 4.01. The van der Waals surface area contributed by atoms with Crippen molar-refractivity contribution in [2.45, 2.75) is 24.8 Å². The van der Waals surface area contributed by atoms with Crippen LogP contribution in [0, 0.1) is 0 Å². The van der Waals surface area contributed by atoms with E-state index < -0.39 is 6.10 Å². The molecule has 0 aromatic carbocycles. The molecule has 1 N–H and O–H groups in total. The van der Waals surface area contributed by atoms with Gasteiger partial charge in [-0.1, -0.05) is 6.92 Å².